The lowest BCUT2D eigenvalue weighted by atomic mass is 10.1. The van der Waals surface area contributed by atoms with Gasteiger partial charge in [-0.3, -0.25) is 0 Å². The lowest BCUT2D eigenvalue weighted by molar-refractivity contribution is -0.166. The van der Waals surface area contributed by atoms with E-state index in [2.05, 4.69) is 10.3 Å². The Morgan fingerprint density at radius 3 is 2.40 bits per heavy atom. The van der Waals surface area contributed by atoms with Crippen molar-refractivity contribution < 1.29 is 38.1 Å². The van der Waals surface area contributed by atoms with E-state index in [1.807, 2.05) is 0 Å². The van der Waals surface area contributed by atoms with Crippen molar-refractivity contribution in [2.75, 3.05) is 27.1 Å². The van der Waals surface area contributed by atoms with Gasteiger partial charge in [0.2, 0.25) is 0 Å². The highest BCUT2D eigenvalue weighted by molar-refractivity contribution is 7.09. The maximum Gasteiger partial charge on any atom is 0.408 e. The van der Waals surface area contributed by atoms with Crippen LogP contribution in [0.1, 0.15) is 62.6 Å². The van der Waals surface area contributed by atoms with Gasteiger partial charge < -0.3 is 29.0 Å². The number of rotatable bonds is 11. The molecule has 1 N–H and O–H groups in total. The number of methoxy groups -OCH3 is 1. The summed E-state index contributed by atoms with van der Waals surface area (Å²) in [7, 11) is 1.42. The maximum atomic E-state index is 12.3. The van der Waals surface area contributed by atoms with Gasteiger partial charge in [0.05, 0.1) is 19.3 Å². The molecule has 11 heteroatoms. The number of esters is 2. The van der Waals surface area contributed by atoms with E-state index in [0.29, 0.717) is 5.01 Å². The Kier molecular flexibility index (Phi) is 10.7. The quantitative estimate of drug-likeness (QED) is 0.310. The van der Waals surface area contributed by atoms with Crippen molar-refractivity contribution in [3.05, 3.63) is 16.1 Å². The van der Waals surface area contributed by atoms with E-state index in [9.17, 15) is 14.4 Å². The number of nitrogens with zero attached hydrogens (tertiary/aromatic N) is 1. The van der Waals surface area contributed by atoms with Crippen molar-refractivity contribution >= 4 is 29.4 Å². The van der Waals surface area contributed by atoms with Crippen molar-refractivity contribution in [1.29, 1.82) is 0 Å². The second-order valence-electron chi connectivity index (χ2n) is 7.04. The van der Waals surface area contributed by atoms with Crippen LogP contribution in [-0.2, 0) is 28.5 Å². The van der Waals surface area contributed by atoms with Gasteiger partial charge in [-0.25, -0.2) is 19.4 Å². The number of ether oxygens (including phenoxy) is 5. The highest BCUT2D eigenvalue weighted by Crippen LogP contribution is 2.25. The van der Waals surface area contributed by atoms with Gasteiger partial charge in [0.15, 0.2) is 11.8 Å². The zero-order valence-electron chi connectivity index (χ0n) is 18.2. The first kappa shape index (κ1) is 25.8. The first-order valence-electron chi connectivity index (χ1n) is 9.50. The molecule has 1 rings (SSSR count). The first-order valence-corrected chi connectivity index (χ1v) is 10.4. The number of aromatic nitrogens is 1. The molecule has 0 aliphatic carbocycles. The van der Waals surface area contributed by atoms with Crippen molar-refractivity contribution in [3.63, 3.8) is 0 Å². The van der Waals surface area contributed by atoms with Gasteiger partial charge in [-0.05, 0) is 34.6 Å². The molecular weight excluding hydrogens is 416 g/mol. The second kappa shape index (κ2) is 12.5. The third-order valence-electron chi connectivity index (χ3n) is 3.38. The van der Waals surface area contributed by atoms with Crippen LogP contribution in [0.4, 0.5) is 4.79 Å². The molecule has 2 atom stereocenters. The Balaban J connectivity index is 3.10. The molecule has 0 aromatic carbocycles. The van der Waals surface area contributed by atoms with Crippen LogP contribution in [0.3, 0.4) is 0 Å². The molecule has 0 fully saturated rings. The number of carbonyl (C=O) groups excluding carboxylic acids is 3. The fourth-order valence-electron chi connectivity index (χ4n) is 2.25. The van der Waals surface area contributed by atoms with Crippen molar-refractivity contribution in [2.45, 2.75) is 58.8 Å². The molecule has 10 nitrogen and oxygen atoms in total. The minimum atomic E-state index is -1.03. The Morgan fingerprint density at radius 2 is 1.83 bits per heavy atom. The van der Waals surface area contributed by atoms with Gasteiger partial charge in [-0.1, -0.05) is 0 Å². The van der Waals surface area contributed by atoms with E-state index < -0.39 is 35.8 Å². The molecule has 0 saturated heterocycles. The highest BCUT2D eigenvalue weighted by atomic mass is 32.1. The number of amides is 1. The van der Waals surface area contributed by atoms with Gasteiger partial charge in [-0.15, -0.1) is 11.3 Å². The maximum absolute atomic E-state index is 12.3. The smallest absolute Gasteiger partial charge is 0.408 e. The Morgan fingerprint density at radius 1 is 1.17 bits per heavy atom. The fraction of sp³-hybridized carbons (Fsp3) is 0.684. The molecule has 0 radical (unpaired) electrons. The van der Waals surface area contributed by atoms with Gasteiger partial charge in [0.25, 0.3) is 0 Å². The van der Waals surface area contributed by atoms with E-state index in [4.69, 9.17) is 23.7 Å². The summed E-state index contributed by atoms with van der Waals surface area (Å²) in [6.45, 7) is 8.78. The molecule has 0 saturated carbocycles. The van der Waals surface area contributed by atoms with Crippen LogP contribution < -0.4 is 5.32 Å². The molecule has 0 aliphatic rings. The summed E-state index contributed by atoms with van der Waals surface area (Å²) in [4.78, 5) is 40.8. The number of hydrogen-bond acceptors (Lipinski definition) is 10. The second-order valence-corrected chi connectivity index (χ2v) is 7.93. The molecule has 0 bridgehead atoms. The van der Waals surface area contributed by atoms with Gasteiger partial charge in [-0.2, -0.15) is 0 Å². The molecule has 30 heavy (non-hydrogen) atoms. The van der Waals surface area contributed by atoms with E-state index in [-0.39, 0.29) is 32.1 Å². The van der Waals surface area contributed by atoms with Gasteiger partial charge >= 0.3 is 18.0 Å². The van der Waals surface area contributed by atoms with Crippen molar-refractivity contribution in [2.24, 2.45) is 0 Å². The van der Waals surface area contributed by atoms with E-state index in [0.717, 1.165) is 11.3 Å². The summed E-state index contributed by atoms with van der Waals surface area (Å²) < 4.78 is 25.6. The van der Waals surface area contributed by atoms with Crippen LogP contribution in [0.25, 0.3) is 0 Å². The first-order chi connectivity index (χ1) is 14.1. The summed E-state index contributed by atoms with van der Waals surface area (Å²) in [5.41, 5.74) is -0.612. The van der Waals surface area contributed by atoms with Crippen LogP contribution in [0.5, 0.6) is 0 Å². The van der Waals surface area contributed by atoms with Crippen LogP contribution >= 0.6 is 11.3 Å². The molecule has 0 aliphatic heterocycles. The Labute approximate surface area is 180 Å². The Bertz CT molecular complexity index is 701. The zero-order chi connectivity index (χ0) is 22.7. The van der Waals surface area contributed by atoms with Crippen LogP contribution in [0.2, 0.25) is 0 Å². The average Bonchev–Trinajstić information content (AvgIpc) is 3.13. The van der Waals surface area contributed by atoms with Crippen LogP contribution in [0, 0.1) is 0 Å². The zero-order valence-corrected chi connectivity index (χ0v) is 19.0. The number of hydrogen-bond donors (Lipinski definition) is 1. The standard InChI is InChI=1S/C19H30N2O8S/c1-7-26-16(22)13-10-30-15(20-13)12(21-18(24)29-19(3,4)5)9-14(28-11-25-6)17(23)27-8-2/h10,12,14H,7-9,11H2,1-6H3,(H,21,24)/t12-,14+/m1/s1. The summed E-state index contributed by atoms with van der Waals surface area (Å²) in [6, 6.07) is -0.778. The molecule has 1 aromatic rings. The lowest BCUT2D eigenvalue weighted by Gasteiger charge is -2.25. The molecular formula is C19H30N2O8S. The van der Waals surface area contributed by atoms with E-state index in [1.165, 1.54) is 12.5 Å². The topological polar surface area (TPSA) is 122 Å². The summed E-state index contributed by atoms with van der Waals surface area (Å²) in [5.74, 6) is -1.18. The molecule has 1 aromatic heterocycles. The largest absolute Gasteiger partial charge is 0.464 e. The van der Waals surface area contributed by atoms with Crippen molar-refractivity contribution in [3.8, 4) is 0 Å². The summed E-state index contributed by atoms with van der Waals surface area (Å²) in [6.07, 6.45) is -1.73. The van der Waals surface area contributed by atoms with Crippen LogP contribution in [-0.4, -0.2) is 61.8 Å². The Hall–Kier alpha value is -2.24. The minimum absolute atomic E-state index is 0.00276. The lowest BCUT2D eigenvalue weighted by Crippen LogP contribution is -2.38. The fourth-order valence-corrected chi connectivity index (χ4v) is 3.10. The molecule has 0 spiro atoms. The molecule has 1 amide bonds. The minimum Gasteiger partial charge on any atom is -0.464 e. The van der Waals surface area contributed by atoms with Gasteiger partial charge in [0, 0.05) is 18.9 Å². The molecule has 170 valence electrons. The monoisotopic (exact) mass is 446 g/mol. The summed E-state index contributed by atoms with van der Waals surface area (Å²) in [5, 5.41) is 4.59. The van der Waals surface area contributed by atoms with E-state index in [1.54, 1.807) is 34.6 Å². The normalized spacial score (nSPS) is 13.3. The average molecular weight is 447 g/mol. The third-order valence-corrected chi connectivity index (χ3v) is 4.34. The van der Waals surface area contributed by atoms with Gasteiger partial charge in [0.1, 0.15) is 17.4 Å². The van der Waals surface area contributed by atoms with Crippen LogP contribution in [0.15, 0.2) is 5.38 Å². The number of carbonyl (C=O) groups is 3. The molecule has 1 heterocycles. The SMILES string of the molecule is CCOC(=O)c1csc([C@@H](C[C@H](OCOC)C(=O)OCC)NC(=O)OC(C)(C)C)n1. The van der Waals surface area contributed by atoms with Crippen molar-refractivity contribution in [1.82, 2.24) is 10.3 Å². The highest BCUT2D eigenvalue weighted by Gasteiger charge is 2.31. The number of alkyl carbamates (subject to hydrolysis) is 1. The van der Waals surface area contributed by atoms with E-state index >= 15 is 0 Å². The number of thiazole rings is 1. The third kappa shape index (κ3) is 9.06. The summed E-state index contributed by atoms with van der Waals surface area (Å²) >= 11 is 1.14. The predicted octanol–water partition coefficient (Wildman–Crippen LogP) is 2.83. The molecule has 0 unspecified atom stereocenters. The number of nitrogens with one attached hydrogen (secondary N) is 1. The predicted molar refractivity (Wildman–Crippen MR) is 108 cm³/mol.